The summed E-state index contributed by atoms with van der Waals surface area (Å²) >= 11 is 0. The first-order chi connectivity index (χ1) is 15.2. The first-order valence-corrected chi connectivity index (χ1v) is 9.86. The quantitative estimate of drug-likeness (QED) is 0.365. The van der Waals surface area contributed by atoms with Crippen LogP contribution in [0.25, 0.3) is 5.57 Å². The maximum absolute atomic E-state index is 13.5. The molecule has 0 atom stereocenters. The molecule has 0 saturated carbocycles. The molecule has 7 nitrogen and oxygen atoms in total. The molecule has 0 radical (unpaired) electrons. The Hall–Kier alpha value is -3.94. The van der Waals surface area contributed by atoms with Crippen molar-refractivity contribution in [3.8, 4) is 0 Å². The minimum absolute atomic E-state index is 0.168. The van der Waals surface area contributed by atoms with Gasteiger partial charge >= 0.3 is 5.97 Å². The van der Waals surface area contributed by atoms with Gasteiger partial charge in [0.1, 0.15) is 17.2 Å². The number of nitrogens with one attached hydrogen (secondary N) is 1. The molecule has 1 aliphatic heterocycles. The normalized spacial score (nSPS) is 15.3. The van der Waals surface area contributed by atoms with E-state index in [1.165, 1.54) is 18.3 Å². The summed E-state index contributed by atoms with van der Waals surface area (Å²) in [6.07, 6.45) is 7.38. The van der Waals surface area contributed by atoms with Gasteiger partial charge in [0.2, 0.25) is 0 Å². The molecule has 170 valence electrons. The Kier molecular flexibility index (Phi) is 10.3. The fourth-order valence-electron chi connectivity index (χ4n) is 2.88. The number of nitrogens with zero attached hydrogens (tertiary/aromatic N) is 1. The van der Waals surface area contributed by atoms with E-state index in [0.717, 1.165) is 34.3 Å². The molecule has 0 aliphatic carbocycles. The standard InChI is InChI=1S/C22H25FN4O3.C2H4/c1-3-14(10-26-12-19(24)22(29)30)4-5-15-11-27-20(21(25)28)9-18(15)17-7-6-16(23)8-13(17)2;1-2/h4-9,12,26H,3,10-11,24H2,1-2H3,(H2,25,28)(H,29,30);1-2H2/b14-4+,15-5+,19-12-;. The molecule has 6 N–H and O–H groups in total. The van der Waals surface area contributed by atoms with E-state index < -0.39 is 11.9 Å². The number of hydrogen-bond acceptors (Lipinski definition) is 5. The molecule has 0 aromatic heterocycles. The third-order valence-electron chi connectivity index (χ3n) is 4.59. The molecule has 2 rings (SSSR count). The summed E-state index contributed by atoms with van der Waals surface area (Å²) in [6.45, 7) is 10.4. The summed E-state index contributed by atoms with van der Waals surface area (Å²) in [5.74, 6) is -2.15. The van der Waals surface area contributed by atoms with Crippen LogP contribution >= 0.6 is 0 Å². The number of carboxylic acids is 1. The van der Waals surface area contributed by atoms with Crippen LogP contribution in [0.1, 0.15) is 24.5 Å². The lowest BCUT2D eigenvalue weighted by Crippen LogP contribution is -2.24. The number of dihydropyridines is 1. The Labute approximate surface area is 187 Å². The third-order valence-corrected chi connectivity index (χ3v) is 4.59. The minimum Gasteiger partial charge on any atom is -0.477 e. The zero-order valence-electron chi connectivity index (χ0n) is 18.3. The van der Waals surface area contributed by atoms with Crippen LogP contribution in [0.4, 0.5) is 4.39 Å². The fraction of sp³-hybridized carbons (Fsp3) is 0.208. The number of allylic oxidation sites excluding steroid dienone is 2. The summed E-state index contributed by atoms with van der Waals surface area (Å²) in [4.78, 5) is 26.6. The Morgan fingerprint density at radius 3 is 2.56 bits per heavy atom. The Bertz CT molecular complexity index is 1020. The van der Waals surface area contributed by atoms with Gasteiger partial charge in [0.05, 0.1) is 6.54 Å². The largest absolute Gasteiger partial charge is 0.477 e. The van der Waals surface area contributed by atoms with Crippen LogP contribution in [-0.2, 0) is 9.59 Å². The molecule has 0 saturated heterocycles. The summed E-state index contributed by atoms with van der Waals surface area (Å²) < 4.78 is 13.5. The van der Waals surface area contributed by atoms with Crippen molar-refractivity contribution in [1.82, 2.24) is 5.32 Å². The number of hydrogen-bond donors (Lipinski definition) is 4. The van der Waals surface area contributed by atoms with Crippen molar-refractivity contribution >= 4 is 23.2 Å². The summed E-state index contributed by atoms with van der Waals surface area (Å²) in [5, 5.41) is 11.7. The molecule has 1 aromatic rings. The number of aliphatic carboxylic acids is 1. The van der Waals surface area contributed by atoms with Crippen LogP contribution in [0.5, 0.6) is 0 Å². The molecule has 0 fully saturated rings. The van der Waals surface area contributed by atoms with Crippen LogP contribution in [0, 0.1) is 12.7 Å². The van der Waals surface area contributed by atoms with Gasteiger partial charge < -0.3 is 21.9 Å². The Balaban J connectivity index is 0.00000249. The van der Waals surface area contributed by atoms with Crippen molar-refractivity contribution in [2.45, 2.75) is 20.3 Å². The number of benzene rings is 1. The lowest BCUT2D eigenvalue weighted by Gasteiger charge is -2.18. The maximum atomic E-state index is 13.5. The van der Waals surface area contributed by atoms with Crippen LogP contribution in [0.3, 0.4) is 0 Å². The second-order valence-electron chi connectivity index (χ2n) is 6.74. The summed E-state index contributed by atoms with van der Waals surface area (Å²) in [5.41, 5.74) is 14.8. The number of aryl methyl sites for hydroxylation is 1. The Morgan fingerprint density at radius 2 is 2.00 bits per heavy atom. The zero-order chi connectivity index (χ0) is 24.3. The highest BCUT2D eigenvalue weighted by Gasteiger charge is 2.18. The zero-order valence-corrected chi connectivity index (χ0v) is 18.3. The number of rotatable bonds is 8. The van der Waals surface area contributed by atoms with Gasteiger partial charge in [-0.05, 0) is 53.8 Å². The third kappa shape index (κ3) is 7.39. The smallest absolute Gasteiger partial charge is 0.353 e. The van der Waals surface area contributed by atoms with Crippen molar-refractivity contribution in [3.63, 3.8) is 0 Å². The van der Waals surface area contributed by atoms with Gasteiger partial charge in [-0.2, -0.15) is 0 Å². The van der Waals surface area contributed by atoms with Crippen LogP contribution < -0.4 is 16.8 Å². The monoisotopic (exact) mass is 440 g/mol. The molecular weight excluding hydrogens is 411 g/mol. The number of carboxylic acid groups (broad SMARTS) is 1. The van der Waals surface area contributed by atoms with E-state index in [0.29, 0.717) is 6.54 Å². The molecule has 0 bridgehead atoms. The molecule has 8 heteroatoms. The molecule has 1 aromatic carbocycles. The molecule has 0 spiro atoms. The molecule has 32 heavy (non-hydrogen) atoms. The first kappa shape index (κ1) is 26.1. The van der Waals surface area contributed by atoms with Gasteiger partial charge in [-0.3, -0.25) is 9.79 Å². The first-order valence-electron chi connectivity index (χ1n) is 9.86. The average molecular weight is 441 g/mol. The van der Waals surface area contributed by atoms with Crippen LogP contribution in [-0.4, -0.2) is 35.8 Å². The highest BCUT2D eigenvalue weighted by atomic mass is 19.1. The number of halogens is 1. The van der Waals surface area contributed by atoms with Crippen molar-refractivity contribution in [2.24, 2.45) is 16.5 Å². The molecule has 0 unspecified atom stereocenters. The van der Waals surface area contributed by atoms with Gasteiger partial charge in [-0.1, -0.05) is 30.7 Å². The van der Waals surface area contributed by atoms with Gasteiger partial charge in [0.25, 0.3) is 5.91 Å². The Morgan fingerprint density at radius 1 is 1.31 bits per heavy atom. The van der Waals surface area contributed by atoms with Crippen molar-refractivity contribution in [1.29, 1.82) is 0 Å². The fourth-order valence-corrected chi connectivity index (χ4v) is 2.88. The number of nitrogens with two attached hydrogens (primary N) is 2. The summed E-state index contributed by atoms with van der Waals surface area (Å²) in [7, 11) is 0. The lowest BCUT2D eigenvalue weighted by molar-refractivity contribution is -0.132. The van der Waals surface area contributed by atoms with Crippen LogP contribution in [0.2, 0.25) is 0 Å². The SMILES string of the molecule is C=C.CC/C(=C\C=C1/CN=C(C(N)=O)C=C1c1ccc(F)cc1C)CN/C=C(\N)C(=O)O. The van der Waals surface area contributed by atoms with Gasteiger partial charge in [-0.25, -0.2) is 9.18 Å². The van der Waals surface area contributed by atoms with E-state index in [1.807, 2.05) is 19.1 Å². The van der Waals surface area contributed by atoms with E-state index in [-0.39, 0.29) is 23.8 Å². The molecule has 1 amide bonds. The van der Waals surface area contributed by atoms with E-state index in [1.54, 1.807) is 19.1 Å². The van der Waals surface area contributed by atoms with E-state index in [4.69, 9.17) is 16.6 Å². The predicted octanol–water partition coefficient (Wildman–Crippen LogP) is 3.00. The van der Waals surface area contributed by atoms with Gasteiger partial charge in [0, 0.05) is 12.7 Å². The van der Waals surface area contributed by atoms with E-state index in [9.17, 15) is 14.0 Å². The van der Waals surface area contributed by atoms with Gasteiger partial charge in [0.15, 0.2) is 0 Å². The second kappa shape index (κ2) is 12.7. The topological polar surface area (TPSA) is 131 Å². The predicted molar refractivity (Wildman–Crippen MR) is 126 cm³/mol. The molecule has 1 heterocycles. The molecular formula is C24H29FN4O3. The minimum atomic E-state index is -1.19. The van der Waals surface area contributed by atoms with Crippen molar-refractivity contribution in [2.75, 3.05) is 13.1 Å². The number of aliphatic imine (C=N–C) groups is 1. The molecule has 1 aliphatic rings. The summed E-state index contributed by atoms with van der Waals surface area (Å²) in [6, 6.07) is 4.46. The van der Waals surface area contributed by atoms with Gasteiger partial charge in [-0.15, -0.1) is 13.2 Å². The van der Waals surface area contributed by atoms with Crippen LogP contribution in [0.15, 0.2) is 77.6 Å². The number of amides is 1. The van der Waals surface area contributed by atoms with Crippen molar-refractivity contribution in [3.05, 3.63) is 89.6 Å². The number of primary amides is 1. The second-order valence-corrected chi connectivity index (χ2v) is 6.74. The lowest BCUT2D eigenvalue weighted by atomic mass is 9.90. The maximum Gasteiger partial charge on any atom is 0.353 e. The van der Waals surface area contributed by atoms with E-state index in [2.05, 4.69) is 23.5 Å². The average Bonchev–Trinajstić information content (AvgIpc) is 2.77. The van der Waals surface area contributed by atoms with Crippen molar-refractivity contribution < 1.29 is 19.1 Å². The highest BCUT2D eigenvalue weighted by molar-refractivity contribution is 6.44. The number of carbonyl (C=O) groups excluding carboxylic acids is 1. The highest BCUT2D eigenvalue weighted by Crippen LogP contribution is 2.29. The number of carbonyl (C=O) groups is 2. The van der Waals surface area contributed by atoms with E-state index >= 15 is 0 Å².